The van der Waals surface area contributed by atoms with E-state index in [9.17, 15) is 24.5 Å². The zero-order chi connectivity index (χ0) is 23.3. The van der Waals surface area contributed by atoms with E-state index in [4.69, 9.17) is 4.74 Å². The minimum atomic E-state index is -0.656. The summed E-state index contributed by atoms with van der Waals surface area (Å²) in [5.74, 6) is -0.549. The maximum atomic E-state index is 12.5. The number of carbonyl (C=O) groups excluding carboxylic acids is 3. The lowest BCUT2D eigenvalue weighted by Crippen LogP contribution is -2.30. The molecule has 3 amide bonds. The van der Waals surface area contributed by atoms with Gasteiger partial charge in [0, 0.05) is 24.7 Å². The standard InChI is InChI=1S/C23H25N3O6/c1-15(2)32-17-12-10-16(11-13-17)24-20(27)9-4-3-5-14-25-22(28)18-7-6-8-19(26(30)31)21(18)23(25)29/h6-8,10-13,15H,3-5,9,14H2,1-2H3,(H,24,27). The van der Waals surface area contributed by atoms with E-state index in [0.29, 0.717) is 31.4 Å². The van der Waals surface area contributed by atoms with Crippen molar-refractivity contribution in [2.24, 2.45) is 0 Å². The fourth-order valence-electron chi connectivity index (χ4n) is 3.52. The Hall–Kier alpha value is -3.75. The molecule has 0 fully saturated rings. The van der Waals surface area contributed by atoms with Gasteiger partial charge in [0.05, 0.1) is 16.6 Å². The van der Waals surface area contributed by atoms with Gasteiger partial charge in [-0.05, 0) is 57.0 Å². The number of nitrogens with one attached hydrogen (secondary N) is 1. The van der Waals surface area contributed by atoms with Gasteiger partial charge in [0.1, 0.15) is 11.3 Å². The summed E-state index contributed by atoms with van der Waals surface area (Å²) < 4.78 is 5.56. The first-order valence-corrected chi connectivity index (χ1v) is 10.5. The Morgan fingerprint density at radius 3 is 2.44 bits per heavy atom. The summed E-state index contributed by atoms with van der Waals surface area (Å²) in [6.45, 7) is 4.03. The number of benzene rings is 2. The Kier molecular flexibility index (Phi) is 7.19. The molecule has 0 bridgehead atoms. The number of imide groups is 1. The molecular formula is C23H25N3O6. The molecule has 0 saturated carbocycles. The number of nitro benzene ring substituents is 1. The van der Waals surface area contributed by atoms with E-state index in [2.05, 4.69) is 5.32 Å². The van der Waals surface area contributed by atoms with Crippen LogP contribution in [0.3, 0.4) is 0 Å². The van der Waals surface area contributed by atoms with Crippen LogP contribution >= 0.6 is 0 Å². The van der Waals surface area contributed by atoms with E-state index in [1.165, 1.54) is 18.2 Å². The summed E-state index contributed by atoms with van der Waals surface area (Å²) in [5, 5.41) is 14.0. The molecule has 1 N–H and O–H groups in total. The number of amides is 3. The molecule has 0 radical (unpaired) electrons. The van der Waals surface area contributed by atoms with Crippen LogP contribution in [0.25, 0.3) is 0 Å². The quantitative estimate of drug-likeness (QED) is 0.257. The second kappa shape index (κ2) is 10.0. The zero-order valence-corrected chi connectivity index (χ0v) is 18.0. The second-order valence-corrected chi connectivity index (χ2v) is 7.77. The normalized spacial score (nSPS) is 12.8. The van der Waals surface area contributed by atoms with Crippen LogP contribution in [0.15, 0.2) is 42.5 Å². The van der Waals surface area contributed by atoms with Crippen molar-refractivity contribution in [3.05, 3.63) is 63.7 Å². The smallest absolute Gasteiger partial charge is 0.282 e. The Balaban J connectivity index is 1.42. The molecule has 3 rings (SSSR count). The van der Waals surface area contributed by atoms with Gasteiger partial charge >= 0.3 is 0 Å². The molecule has 9 heteroatoms. The number of nitro groups is 1. The monoisotopic (exact) mass is 439 g/mol. The van der Waals surface area contributed by atoms with Crippen LogP contribution in [0.4, 0.5) is 11.4 Å². The second-order valence-electron chi connectivity index (χ2n) is 7.77. The van der Waals surface area contributed by atoms with Gasteiger partial charge < -0.3 is 10.1 Å². The number of hydrogen-bond acceptors (Lipinski definition) is 6. The molecule has 0 unspecified atom stereocenters. The van der Waals surface area contributed by atoms with Crippen LogP contribution in [0.2, 0.25) is 0 Å². The van der Waals surface area contributed by atoms with Gasteiger partial charge in [-0.1, -0.05) is 12.5 Å². The van der Waals surface area contributed by atoms with E-state index < -0.39 is 16.7 Å². The molecule has 0 atom stereocenters. The number of ether oxygens (including phenoxy) is 1. The lowest BCUT2D eigenvalue weighted by atomic mass is 10.1. The molecule has 32 heavy (non-hydrogen) atoms. The number of fused-ring (bicyclic) bond motifs is 1. The van der Waals surface area contributed by atoms with E-state index in [1.54, 1.807) is 24.3 Å². The first kappa shape index (κ1) is 22.9. The molecular weight excluding hydrogens is 414 g/mol. The van der Waals surface area contributed by atoms with Gasteiger partial charge in [0.15, 0.2) is 0 Å². The molecule has 0 aromatic heterocycles. The van der Waals surface area contributed by atoms with E-state index in [1.807, 2.05) is 13.8 Å². The number of rotatable bonds is 10. The van der Waals surface area contributed by atoms with Crippen molar-refractivity contribution in [3.63, 3.8) is 0 Å². The third-order valence-corrected chi connectivity index (χ3v) is 4.97. The van der Waals surface area contributed by atoms with Gasteiger partial charge in [0.25, 0.3) is 17.5 Å². The molecule has 9 nitrogen and oxygen atoms in total. The Labute approximate surface area is 185 Å². The van der Waals surface area contributed by atoms with Crippen LogP contribution < -0.4 is 10.1 Å². The van der Waals surface area contributed by atoms with Gasteiger partial charge in [-0.25, -0.2) is 0 Å². The SMILES string of the molecule is CC(C)Oc1ccc(NC(=O)CCCCCN2C(=O)c3cccc([N+](=O)[O-])c3C2=O)cc1. The predicted octanol–water partition coefficient (Wildman–Crippen LogP) is 4.18. The summed E-state index contributed by atoms with van der Waals surface area (Å²) in [4.78, 5) is 48.6. The molecule has 1 aliphatic rings. The van der Waals surface area contributed by atoms with Crippen molar-refractivity contribution in [2.75, 3.05) is 11.9 Å². The van der Waals surface area contributed by atoms with Crippen molar-refractivity contribution < 1.29 is 24.0 Å². The minimum absolute atomic E-state index is 0.0633. The topological polar surface area (TPSA) is 119 Å². The molecule has 0 spiro atoms. The minimum Gasteiger partial charge on any atom is -0.491 e. The number of nitrogens with zero attached hydrogens (tertiary/aromatic N) is 2. The number of carbonyl (C=O) groups is 3. The molecule has 0 aliphatic carbocycles. The highest BCUT2D eigenvalue weighted by molar-refractivity contribution is 6.23. The van der Waals surface area contributed by atoms with Crippen molar-refractivity contribution in [3.8, 4) is 5.75 Å². The fourth-order valence-corrected chi connectivity index (χ4v) is 3.52. The Morgan fingerprint density at radius 1 is 1.06 bits per heavy atom. The van der Waals surface area contributed by atoms with Crippen molar-refractivity contribution in [1.82, 2.24) is 4.90 Å². The highest BCUT2D eigenvalue weighted by atomic mass is 16.6. The number of hydrogen-bond donors (Lipinski definition) is 1. The average Bonchev–Trinajstić information content (AvgIpc) is 2.99. The Morgan fingerprint density at radius 2 is 1.78 bits per heavy atom. The lowest BCUT2D eigenvalue weighted by molar-refractivity contribution is -0.385. The first-order chi connectivity index (χ1) is 15.3. The summed E-state index contributed by atoms with van der Waals surface area (Å²) in [6.07, 6.45) is 2.10. The molecule has 168 valence electrons. The maximum Gasteiger partial charge on any atom is 0.282 e. The highest BCUT2D eigenvalue weighted by Crippen LogP contribution is 2.30. The van der Waals surface area contributed by atoms with Crippen LogP contribution in [0.5, 0.6) is 5.75 Å². The summed E-state index contributed by atoms with van der Waals surface area (Å²) in [5.41, 5.74) is 0.239. The molecule has 0 saturated heterocycles. The summed E-state index contributed by atoms with van der Waals surface area (Å²) >= 11 is 0. The fraction of sp³-hybridized carbons (Fsp3) is 0.348. The van der Waals surface area contributed by atoms with E-state index >= 15 is 0 Å². The molecule has 2 aromatic rings. The number of anilines is 1. The van der Waals surface area contributed by atoms with E-state index in [-0.39, 0.29) is 35.4 Å². The highest BCUT2D eigenvalue weighted by Gasteiger charge is 2.40. The Bertz CT molecular complexity index is 1030. The van der Waals surface area contributed by atoms with Gasteiger partial charge in [-0.3, -0.25) is 29.4 Å². The lowest BCUT2D eigenvalue weighted by Gasteiger charge is -2.13. The van der Waals surface area contributed by atoms with E-state index in [0.717, 1.165) is 10.6 Å². The van der Waals surface area contributed by atoms with Crippen LogP contribution in [0, 0.1) is 10.1 Å². The van der Waals surface area contributed by atoms with Gasteiger partial charge in [-0.15, -0.1) is 0 Å². The summed E-state index contributed by atoms with van der Waals surface area (Å²) in [7, 11) is 0. The van der Waals surface area contributed by atoms with Gasteiger partial charge in [0.2, 0.25) is 5.91 Å². The molecule has 1 heterocycles. The molecule has 2 aromatic carbocycles. The molecule has 1 aliphatic heterocycles. The summed E-state index contributed by atoms with van der Waals surface area (Å²) in [6, 6.07) is 11.2. The average molecular weight is 439 g/mol. The van der Waals surface area contributed by atoms with Crippen LogP contribution in [-0.4, -0.2) is 40.2 Å². The third-order valence-electron chi connectivity index (χ3n) is 4.97. The number of unbranched alkanes of at least 4 members (excludes halogenated alkanes) is 2. The maximum absolute atomic E-state index is 12.5. The van der Waals surface area contributed by atoms with Crippen molar-refractivity contribution >= 4 is 29.1 Å². The van der Waals surface area contributed by atoms with Crippen LogP contribution in [0.1, 0.15) is 60.2 Å². The van der Waals surface area contributed by atoms with Crippen molar-refractivity contribution in [2.45, 2.75) is 45.6 Å². The predicted molar refractivity (Wildman–Crippen MR) is 118 cm³/mol. The first-order valence-electron chi connectivity index (χ1n) is 10.5. The third kappa shape index (κ3) is 5.29. The van der Waals surface area contributed by atoms with Crippen LogP contribution in [-0.2, 0) is 4.79 Å². The van der Waals surface area contributed by atoms with Gasteiger partial charge in [-0.2, -0.15) is 0 Å². The largest absolute Gasteiger partial charge is 0.491 e. The van der Waals surface area contributed by atoms with Crippen molar-refractivity contribution in [1.29, 1.82) is 0 Å². The zero-order valence-electron chi connectivity index (χ0n) is 18.0.